The van der Waals surface area contributed by atoms with Crippen LogP contribution in [0.5, 0.6) is 0 Å². The molecule has 0 saturated carbocycles. The van der Waals surface area contributed by atoms with Gasteiger partial charge in [-0.05, 0) is 36.4 Å². The highest BCUT2D eigenvalue weighted by Crippen LogP contribution is 2.25. The number of carbonyl (C=O) groups excluding carboxylic acids is 2. The van der Waals surface area contributed by atoms with Crippen molar-refractivity contribution in [3.63, 3.8) is 0 Å². The van der Waals surface area contributed by atoms with E-state index in [1.54, 1.807) is 24.3 Å². The molecule has 1 N–H and O–H groups in total. The van der Waals surface area contributed by atoms with Crippen molar-refractivity contribution in [2.45, 2.75) is 6.17 Å². The zero-order valence-corrected chi connectivity index (χ0v) is 14.0. The van der Waals surface area contributed by atoms with Crippen LogP contribution in [0, 0.1) is 11.3 Å². The Morgan fingerprint density at radius 3 is 2.74 bits per heavy atom. The normalized spacial score (nSPS) is 13.9. The minimum absolute atomic E-state index is 0.0792. The van der Waals surface area contributed by atoms with Gasteiger partial charge in [0.25, 0.3) is 11.8 Å². The molecule has 4 rings (SSSR count). The van der Waals surface area contributed by atoms with Crippen LogP contribution in [0.15, 0.2) is 47.0 Å². The molecule has 1 fully saturated rings. The third-order valence-corrected chi connectivity index (χ3v) is 4.25. The lowest BCUT2D eigenvalue weighted by atomic mass is 10.1. The summed E-state index contributed by atoms with van der Waals surface area (Å²) in [6.45, 7) is 0.158. The Bertz CT molecular complexity index is 1080. The Hall–Kier alpha value is -3.73. The highest BCUT2D eigenvalue weighted by molar-refractivity contribution is 6.05. The van der Waals surface area contributed by atoms with Gasteiger partial charge >= 0.3 is 0 Å². The summed E-state index contributed by atoms with van der Waals surface area (Å²) in [5, 5.41) is 12.1. The van der Waals surface area contributed by atoms with Crippen molar-refractivity contribution >= 4 is 28.5 Å². The molecule has 1 aromatic carbocycles. The van der Waals surface area contributed by atoms with Crippen LogP contribution in [0.4, 0.5) is 10.1 Å². The number of hydrogen-bond donors (Lipinski definition) is 1. The maximum atomic E-state index is 12.9. The summed E-state index contributed by atoms with van der Waals surface area (Å²) < 4.78 is 18.4. The third-order valence-electron chi connectivity index (χ3n) is 4.25. The average molecular weight is 364 g/mol. The van der Waals surface area contributed by atoms with Crippen LogP contribution in [0.2, 0.25) is 0 Å². The first kappa shape index (κ1) is 16.7. The molecule has 27 heavy (non-hydrogen) atoms. The Morgan fingerprint density at radius 2 is 2.07 bits per heavy atom. The van der Waals surface area contributed by atoms with Gasteiger partial charge in [0.2, 0.25) is 0 Å². The van der Waals surface area contributed by atoms with Gasteiger partial charge in [-0.2, -0.15) is 5.26 Å². The van der Waals surface area contributed by atoms with Crippen molar-refractivity contribution in [2.75, 3.05) is 18.4 Å². The monoisotopic (exact) mass is 364 g/mol. The minimum atomic E-state index is -0.975. The van der Waals surface area contributed by atoms with Crippen LogP contribution in [-0.4, -0.2) is 41.0 Å². The fraction of sp³-hybridized carbons (Fsp3) is 0.158. The van der Waals surface area contributed by atoms with Gasteiger partial charge in [-0.15, -0.1) is 0 Å². The number of anilines is 1. The predicted molar refractivity (Wildman–Crippen MR) is 93.9 cm³/mol. The van der Waals surface area contributed by atoms with Crippen LogP contribution in [0.25, 0.3) is 11.0 Å². The SMILES string of the molecule is N#Cc1ccc(C(=O)Nc2ccc3oc(C(=O)N4CC(F)C4)cc3c2)cn1. The molecule has 2 amide bonds. The second-order valence-corrected chi connectivity index (χ2v) is 6.17. The Morgan fingerprint density at radius 1 is 1.26 bits per heavy atom. The van der Waals surface area contributed by atoms with Gasteiger partial charge < -0.3 is 14.6 Å². The van der Waals surface area contributed by atoms with E-state index >= 15 is 0 Å². The number of nitrogens with zero attached hydrogens (tertiary/aromatic N) is 3. The Labute approximate surface area is 153 Å². The van der Waals surface area contributed by atoms with Gasteiger partial charge in [0.05, 0.1) is 18.7 Å². The molecule has 0 aliphatic carbocycles. The minimum Gasteiger partial charge on any atom is -0.451 e. The molecule has 3 heterocycles. The summed E-state index contributed by atoms with van der Waals surface area (Å²) in [6, 6.07) is 11.4. The standard InChI is InChI=1S/C19H13FN4O3/c20-13-9-24(10-13)19(26)17-6-12-5-14(3-4-16(12)27-17)23-18(25)11-1-2-15(7-21)22-8-11/h1-6,8,13H,9-10H2,(H,23,25). The van der Waals surface area contributed by atoms with Gasteiger partial charge in [-0.3, -0.25) is 9.59 Å². The Kier molecular flexibility index (Phi) is 4.05. The summed E-state index contributed by atoms with van der Waals surface area (Å²) in [4.78, 5) is 29.7. The molecule has 0 bridgehead atoms. The fourth-order valence-electron chi connectivity index (χ4n) is 2.77. The molecule has 8 heteroatoms. The van der Waals surface area contributed by atoms with Crippen molar-refractivity contribution in [1.82, 2.24) is 9.88 Å². The van der Waals surface area contributed by atoms with Gasteiger partial charge in [-0.1, -0.05) is 0 Å². The molecular formula is C19H13FN4O3. The number of halogens is 1. The number of benzene rings is 1. The van der Waals surface area contributed by atoms with E-state index in [1.165, 1.54) is 23.2 Å². The molecule has 2 aromatic heterocycles. The van der Waals surface area contributed by atoms with Gasteiger partial charge in [0, 0.05) is 17.3 Å². The van der Waals surface area contributed by atoms with E-state index in [1.807, 2.05) is 6.07 Å². The lowest BCUT2D eigenvalue weighted by Gasteiger charge is -2.33. The van der Waals surface area contributed by atoms with Crippen LogP contribution >= 0.6 is 0 Å². The summed E-state index contributed by atoms with van der Waals surface area (Å²) in [6.07, 6.45) is 0.351. The number of hydrogen-bond acceptors (Lipinski definition) is 5. The molecular weight excluding hydrogens is 351 g/mol. The van der Waals surface area contributed by atoms with Crippen molar-refractivity contribution in [2.24, 2.45) is 0 Å². The number of amides is 2. The second kappa shape index (κ2) is 6.53. The smallest absolute Gasteiger partial charge is 0.289 e. The number of aromatic nitrogens is 1. The molecule has 0 atom stereocenters. The molecule has 7 nitrogen and oxygen atoms in total. The second-order valence-electron chi connectivity index (χ2n) is 6.17. The molecule has 1 aliphatic rings. The fourth-order valence-corrected chi connectivity index (χ4v) is 2.77. The first-order valence-corrected chi connectivity index (χ1v) is 8.18. The van der Waals surface area contributed by atoms with Crippen molar-refractivity contribution < 1.29 is 18.4 Å². The number of fused-ring (bicyclic) bond motifs is 1. The average Bonchev–Trinajstić information content (AvgIpc) is 3.08. The third kappa shape index (κ3) is 3.22. The first-order valence-electron chi connectivity index (χ1n) is 8.18. The highest BCUT2D eigenvalue weighted by Gasteiger charge is 2.32. The van der Waals surface area contributed by atoms with Crippen LogP contribution < -0.4 is 5.32 Å². The van der Waals surface area contributed by atoms with E-state index < -0.39 is 6.17 Å². The van der Waals surface area contributed by atoms with E-state index in [0.717, 1.165) is 0 Å². The summed E-state index contributed by atoms with van der Waals surface area (Å²) in [5.41, 5.74) is 1.55. The highest BCUT2D eigenvalue weighted by atomic mass is 19.1. The molecule has 134 valence electrons. The largest absolute Gasteiger partial charge is 0.451 e. The summed E-state index contributed by atoms with van der Waals surface area (Å²) in [7, 11) is 0. The van der Waals surface area contributed by atoms with Crippen molar-refractivity contribution in [3.05, 3.63) is 59.6 Å². The molecule has 3 aromatic rings. The van der Waals surface area contributed by atoms with E-state index in [-0.39, 0.29) is 36.4 Å². The van der Waals surface area contributed by atoms with Gasteiger partial charge in [0.1, 0.15) is 23.5 Å². The number of pyridine rings is 1. The maximum absolute atomic E-state index is 12.9. The topological polar surface area (TPSA) is 99.2 Å². The molecule has 1 saturated heterocycles. The van der Waals surface area contributed by atoms with Crippen molar-refractivity contribution in [1.29, 1.82) is 5.26 Å². The predicted octanol–water partition coefficient (Wildman–Crippen LogP) is 2.75. The van der Waals surface area contributed by atoms with E-state index in [9.17, 15) is 14.0 Å². The number of alkyl halides is 1. The lowest BCUT2D eigenvalue weighted by Crippen LogP contribution is -2.51. The summed E-state index contributed by atoms with van der Waals surface area (Å²) >= 11 is 0. The summed E-state index contributed by atoms with van der Waals surface area (Å²) in [5.74, 6) is -0.591. The van der Waals surface area contributed by atoms with E-state index in [4.69, 9.17) is 9.68 Å². The zero-order chi connectivity index (χ0) is 19.0. The molecule has 0 unspecified atom stereocenters. The van der Waals surface area contributed by atoms with Gasteiger partial charge in [0.15, 0.2) is 5.76 Å². The van der Waals surface area contributed by atoms with Gasteiger partial charge in [-0.25, -0.2) is 9.37 Å². The molecule has 0 radical (unpaired) electrons. The number of furan rings is 1. The van der Waals surface area contributed by atoms with Crippen molar-refractivity contribution in [3.8, 4) is 6.07 Å². The van der Waals surface area contributed by atoms with Crippen LogP contribution in [-0.2, 0) is 0 Å². The zero-order valence-electron chi connectivity index (χ0n) is 14.0. The van der Waals surface area contributed by atoms with E-state index in [2.05, 4.69) is 10.3 Å². The Balaban J connectivity index is 1.51. The number of rotatable bonds is 3. The number of nitriles is 1. The van der Waals surface area contributed by atoms with Crippen LogP contribution in [0.3, 0.4) is 0 Å². The lowest BCUT2D eigenvalue weighted by molar-refractivity contribution is 0.0373. The number of nitrogens with one attached hydrogen (secondary N) is 1. The number of likely N-dealkylation sites (tertiary alicyclic amines) is 1. The molecule has 0 spiro atoms. The van der Waals surface area contributed by atoms with E-state index in [0.29, 0.717) is 22.2 Å². The quantitative estimate of drug-likeness (QED) is 0.770. The first-order chi connectivity index (χ1) is 13.0. The maximum Gasteiger partial charge on any atom is 0.289 e. The number of carbonyl (C=O) groups is 2. The molecule has 1 aliphatic heterocycles. The van der Waals surface area contributed by atoms with Crippen LogP contribution in [0.1, 0.15) is 26.6 Å².